The maximum Gasteiger partial charge on any atom is 0.137 e. The maximum absolute atomic E-state index is 9.58. The van der Waals surface area contributed by atoms with Gasteiger partial charge >= 0.3 is 0 Å². The SMILES string of the molecule is CCc1cc(Cl)c(O)c(CC(=N)N)c1. The number of nitrogens with two attached hydrogens (primary N) is 1. The van der Waals surface area contributed by atoms with Gasteiger partial charge in [-0.05, 0) is 18.1 Å². The number of hydrogen-bond donors (Lipinski definition) is 3. The second kappa shape index (κ2) is 4.33. The van der Waals surface area contributed by atoms with Crippen LogP contribution in [0.2, 0.25) is 5.02 Å². The fourth-order valence-electron chi connectivity index (χ4n) is 1.26. The summed E-state index contributed by atoms with van der Waals surface area (Å²) in [6.45, 7) is 2.00. The minimum atomic E-state index is 0.0182. The van der Waals surface area contributed by atoms with E-state index >= 15 is 0 Å². The van der Waals surface area contributed by atoms with Gasteiger partial charge in [-0.1, -0.05) is 24.6 Å². The third-order valence-electron chi connectivity index (χ3n) is 1.99. The normalized spacial score (nSPS) is 10.1. The Labute approximate surface area is 88.0 Å². The van der Waals surface area contributed by atoms with E-state index < -0.39 is 0 Å². The lowest BCUT2D eigenvalue weighted by molar-refractivity contribution is 0.470. The molecule has 0 aliphatic carbocycles. The molecule has 0 fully saturated rings. The van der Waals surface area contributed by atoms with E-state index in [2.05, 4.69) is 0 Å². The van der Waals surface area contributed by atoms with E-state index in [0.717, 1.165) is 12.0 Å². The molecule has 0 unspecified atom stereocenters. The minimum absolute atomic E-state index is 0.0182. The predicted molar refractivity (Wildman–Crippen MR) is 58.1 cm³/mol. The smallest absolute Gasteiger partial charge is 0.137 e. The Morgan fingerprint density at radius 1 is 1.57 bits per heavy atom. The highest BCUT2D eigenvalue weighted by Gasteiger charge is 2.08. The van der Waals surface area contributed by atoms with Gasteiger partial charge in [-0.25, -0.2) is 0 Å². The van der Waals surface area contributed by atoms with Crippen molar-refractivity contribution in [1.29, 1.82) is 5.41 Å². The van der Waals surface area contributed by atoms with Gasteiger partial charge in [-0.3, -0.25) is 5.41 Å². The molecule has 0 bridgehead atoms. The Hall–Kier alpha value is -1.22. The molecule has 4 N–H and O–H groups in total. The lowest BCUT2D eigenvalue weighted by Crippen LogP contribution is -2.13. The highest BCUT2D eigenvalue weighted by Crippen LogP contribution is 2.29. The fraction of sp³-hybridized carbons (Fsp3) is 0.300. The summed E-state index contributed by atoms with van der Waals surface area (Å²) in [6, 6.07) is 3.54. The van der Waals surface area contributed by atoms with E-state index in [9.17, 15) is 5.11 Å². The molecule has 0 aliphatic rings. The van der Waals surface area contributed by atoms with Crippen molar-refractivity contribution in [3.63, 3.8) is 0 Å². The number of rotatable bonds is 3. The van der Waals surface area contributed by atoms with Gasteiger partial charge in [0.1, 0.15) is 5.75 Å². The molecule has 0 saturated carbocycles. The molecule has 0 heterocycles. The van der Waals surface area contributed by atoms with Gasteiger partial charge in [0.25, 0.3) is 0 Å². The third-order valence-corrected chi connectivity index (χ3v) is 2.28. The first-order chi connectivity index (χ1) is 6.54. The van der Waals surface area contributed by atoms with Crippen molar-refractivity contribution in [3.8, 4) is 5.75 Å². The number of hydrogen-bond acceptors (Lipinski definition) is 2. The molecule has 0 amide bonds. The van der Waals surface area contributed by atoms with E-state index in [0.29, 0.717) is 10.6 Å². The second-order valence-electron chi connectivity index (χ2n) is 3.14. The van der Waals surface area contributed by atoms with Crippen LogP contribution in [0.3, 0.4) is 0 Å². The summed E-state index contributed by atoms with van der Waals surface area (Å²) in [5.41, 5.74) is 6.91. The van der Waals surface area contributed by atoms with Crippen LogP contribution in [0.25, 0.3) is 0 Å². The van der Waals surface area contributed by atoms with Crippen LogP contribution in [-0.2, 0) is 12.8 Å². The molecule has 14 heavy (non-hydrogen) atoms. The molecule has 3 nitrogen and oxygen atoms in total. The summed E-state index contributed by atoms with van der Waals surface area (Å²) < 4.78 is 0. The maximum atomic E-state index is 9.58. The van der Waals surface area contributed by atoms with Crippen LogP contribution in [-0.4, -0.2) is 10.9 Å². The molecule has 1 rings (SSSR count). The van der Waals surface area contributed by atoms with Crippen LogP contribution in [0.5, 0.6) is 5.75 Å². The molecular formula is C10H13ClN2O. The van der Waals surface area contributed by atoms with Gasteiger partial charge in [0, 0.05) is 12.0 Å². The molecule has 76 valence electrons. The number of phenols is 1. The Morgan fingerprint density at radius 2 is 2.21 bits per heavy atom. The number of halogens is 1. The number of benzene rings is 1. The zero-order valence-electron chi connectivity index (χ0n) is 7.97. The molecule has 0 aromatic heterocycles. The van der Waals surface area contributed by atoms with Gasteiger partial charge in [0.15, 0.2) is 0 Å². The summed E-state index contributed by atoms with van der Waals surface area (Å²) in [7, 11) is 0. The standard InChI is InChI=1S/C10H13ClN2O/c1-2-6-3-7(5-9(12)13)10(14)8(11)4-6/h3-4,14H,2,5H2,1H3,(H3,12,13). The summed E-state index contributed by atoms with van der Waals surface area (Å²) in [5.74, 6) is 0.0451. The van der Waals surface area contributed by atoms with E-state index in [1.807, 2.05) is 13.0 Å². The van der Waals surface area contributed by atoms with Crippen LogP contribution in [0, 0.1) is 5.41 Å². The van der Waals surface area contributed by atoms with Crippen molar-refractivity contribution in [2.45, 2.75) is 19.8 Å². The fourth-order valence-corrected chi connectivity index (χ4v) is 1.52. The predicted octanol–water partition coefficient (Wildman–Crippen LogP) is 2.09. The topological polar surface area (TPSA) is 70.1 Å². The molecule has 0 aliphatic heterocycles. The molecule has 0 saturated heterocycles. The van der Waals surface area contributed by atoms with Crippen LogP contribution in [0.1, 0.15) is 18.1 Å². The van der Waals surface area contributed by atoms with Crippen molar-refractivity contribution >= 4 is 17.4 Å². The van der Waals surface area contributed by atoms with Crippen molar-refractivity contribution in [2.24, 2.45) is 5.73 Å². The Balaban J connectivity index is 3.13. The van der Waals surface area contributed by atoms with Crippen molar-refractivity contribution in [1.82, 2.24) is 0 Å². The highest BCUT2D eigenvalue weighted by molar-refractivity contribution is 6.32. The average molecular weight is 213 g/mol. The molecule has 0 atom stereocenters. The number of aromatic hydroxyl groups is 1. The average Bonchev–Trinajstić information content (AvgIpc) is 2.11. The number of amidine groups is 1. The van der Waals surface area contributed by atoms with Crippen molar-refractivity contribution in [2.75, 3.05) is 0 Å². The monoisotopic (exact) mass is 212 g/mol. The molecule has 0 spiro atoms. The highest BCUT2D eigenvalue weighted by atomic mass is 35.5. The van der Waals surface area contributed by atoms with E-state index in [4.69, 9.17) is 22.7 Å². The van der Waals surface area contributed by atoms with Gasteiger partial charge in [0.2, 0.25) is 0 Å². The van der Waals surface area contributed by atoms with Crippen LogP contribution < -0.4 is 5.73 Å². The van der Waals surface area contributed by atoms with Crippen molar-refractivity contribution in [3.05, 3.63) is 28.3 Å². The van der Waals surface area contributed by atoms with E-state index in [-0.39, 0.29) is 18.0 Å². The largest absolute Gasteiger partial charge is 0.506 e. The summed E-state index contributed by atoms with van der Waals surface area (Å²) >= 11 is 5.82. The lowest BCUT2D eigenvalue weighted by Gasteiger charge is -2.07. The number of aryl methyl sites for hydroxylation is 1. The van der Waals surface area contributed by atoms with Gasteiger partial charge < -0.3 is 10.8 Å². The number of phenolic OH excluding ortho intramolecular Hbond substituents is 1. The van der Waals surface area contributed by atoms with Crippen molar-refractivity contribution < 1.29 is 5.11 Å². The van der Waals surface area contributed by atoms with Crippen LogP contribution in [0.15, 0.2) is 12.1 Å². The first-order valence-corrected chi connectivity index (χ1v) is 4.75. The Morgan fingerprint density at radius 3 is 2.71 bits per heavy atom. The summed E-state index contributed by atoms with van der Waals surface area (Å²) in [6.07, 6.45) is 1.07. The van der Waals surface area contributed by atoms with E-state index in [1.54, 1.807) is 6.07 Å². The first kappa shape index (κ1) is 10.9. The van der Waals surface area contributed by atoms with Gasteiger partial charge in [0.05, 0.1) is 10.9 Å². The van der Waals surface area contributed by atoms with E-state index in [1.165, 1.54) is 0 Å². The van der Waals surface area contributed by atoms with Crippen LogP contribution in [0.4, 0.5) is 0 Å². The summed E-state index contributed by atoms with van der Waals surface area (Å²) in [4.78, 5) is 0. The Bertz CT molecular complexity index is 363. The number of nitrogens with one attached hydrogen (secondary N) is 1. The lowest BCUT2D eigenvalue weighted by atomic mass is 10.0. The quantitative estimate of drug-likeness (QED) is 0.530. The molecule has 4 heteroatoms. The molecule has 0 radical (unpaired) electrons. The van der Waals surface area contributed by atoms with Gasteiger partial charge in [-0.15, -0.1) is 0 Å². The second-order valence-corrected chi connectivity index (χ2v) is 3.55. The zero-order valence-corrected chi connectivity index (χ0v) is 8.73. The molecule has 1 aromatic rings. The van der Waals surface area contributed by atoms with Gasteiger partial charge in [-0.2, -0.15) is 0 Å². The molecule has 1 aromatic carbocycles. The third kappa shape index (κ3) is 2.39. The van der Waals surface area contributed by atoms with Crippen LogP contribution >= 0.6 is 11.6 Å². The first-order valence-electron chi connectivity index (χ1n) is 4.37. The summed E-state index contributed by atoms with van der Waals surface area (Å²) in [5, 5.41) is 17.1. The minimum Gasteiger partial charge on any atom is -0.506 e. The zero-order chi connectivity index (χ0) is 10.7. The Kier molecular flexibility index (Phi) is 3.36. The molecular weight excluding hydrogens is 200 g/mol.